The van der Waals surface area contributed by atoms with Gasteiger partial charge in [0.2, 0.25) is 0 Å². The molecule has 0 saturated carbocycles. The minimum atomic E-state index is -1.82. The first-order chi connectivity index (χ1) is 14.4. The highest BCUT2D eigenvalue weighted by atomic mass is 19.1. The molecule has 2 aliphatic rings. The molecule has 1 aromatic rings. The molecule has 7 nitrogen and oxygen atoms in total. The number of aliphatic carboxylic acids is 2. The predicted molar refractivity (Wildman–Crippen MR) is 114 cm³/mol. The van der Waals surface area contributed by atoms with E-state index in [4.69, 9.17) is 19.8 Å². The van der Waals surface area contributed by atoms with Crippen molar-refractivity contribution in [3.05, 3.63) is 30.1 Å². The largest absolute Gasteiger partial charge is 0.473 e. The average Bonchev–Trinajstić information content (AvgIpc) is 2.76. The summed E-state index contributed by atoms with van der Waals surface area (Å²) < 4.78 is 14.0. The smallest absolute Gasteiger partial charge is 0.414 e. The molecule has 1 aromatic carbocycles. The second kappa shape index (κ2) is 11.9. The van der Waals surface area contributed by atoms with Crippen molar-refractivity contribution in [1.82, 2.24) is 9.80 Å². The predicted octanol–water partition coefficient (Wildman–Crippen LogP) is 2.76. The number of rotatable bonds is 5. The fraction of sp³-hybridized carbons (Fsp3) is 0.636. The Balaban J connectivity index is 0.000000469. The van der Waals surface area contributed by atoms with Gasteiger partial charge >= 0.3 is 11.9 Å². The van der Waals surface area contributed by atoms with Crippen molar-refractivity contribution in [3.63, 3.8) is 0 Å². The zero-order chi connectivity index (χ0) is 22.1. The van der Waals surface area contributed by atoms with Crippen molar-refractivity contribution < 1.29 is 24.2 Å². The highest BCUT2D eigenvalue weighted by molar-refractivity contribution is 6.27. The summed E-state index contributed by atoms with van der Waals surface area (Å²) in [5, 5.41) is 14.8. The van der Waals surface area contributed by atoms with Gasteiger partial charge in [-0.1, -0.05) is 26.0 Å². The van der Waals surface area contributed by atoms with Gasteiger partial charge in [-0.25, -0.2) is 14.0 Å². The number of piperazine rings is 1. The van der Waals surface area contributed by atoms with Crippen LogP contribution in [-0.2, 0) is 9.59 Å². The average molecular weight is 424 g/mol. The maximum atomic E-state index is 14.0. The van der Waals surface area contributed by atoms with Crippen molar-refractivity contribution in [1.29, 1.82) is 0 Å². The Labute approximate surface area is 178 Å². The molecule has 30 heavy (non-hydrogen) atoms. The fourth-order valence-electron chi connectivity index (χ4n) is 4.46. The molecule has 2 heterocycles. The van der Waals surface area contributed by atoms with E-state index in [1.807, 2.05) is 12.1 Å². The number of carbonyl (C=O) groups is 2. The highest BCUT2D eigenvalue weighted by Crippen LogP contribution is 2.24. The molecule has 3 rings (SSSR count). The number of para-hydroxylation sites is 1. The summed E-state index contributed by atoms with van der Waals surface area (Å²) in [5.74, 6) is -3.74. The molecule has 0 spiro atoms. The van der Waals surface area contributed by atoms with Gasteiger partial charge in [-0.3, -0.25) is 4.90 Å². The first kappa shape index (κ1) is 24.1. The van der Waals surface area contributed by atoms with Crippen LogP contribution in [0.1, 0.15) is 39.5 Å². The van der Waals surface area contributed by atoms with Gasteiger partial charge in [-0.2, -0.15) is 0 Å². The van der Waals surface area contributed by atoms with Gasteiger partial charge in [0, 0.05) is 38.3 Å². The summed E-state index contributed by atoms with van der Waals surface area (Å²) in [6.07, 6.45) is 5.11. The van der Waals surface area contributed by atoms with E-state index >= 15 is 0 Å². The van der Waals surface area contributed by atoms with Crippen LogP contribution in [0, 0.1) is 5.82 Å². The van der Waals surface area contributed by atoms with E-state index in [2.05, 4.69) is 28.5 Å². The molecule has 0 atom stereocenters. The second-order valence-corrected chi connectivity index (χ2v) is 7.82. The Morgan fingerprint density at radius 1 is 0.967 bits per heavy atom. The number of nitrogens with zero attached hydrogens (tertiary/aromatic N) is 3. The second-order valence-electron chi connectivity index (χ2n) is 7.82. The van der Waals surface area contributed by atoms with Crippen molar-refractivity contribution in [3.8, 4) is 0 Å². The standard InChI is InChI=1S/C20H32FN3.C2H2O4/c1-3-17(4-2)22-11-9-18(10-12-22)23-13-15-24(16-14-23)20-8-6-5-7-19(20)21;3-1(4)2(5)6/h5-8,17-18H,3-4,9-16H2,1-2H3;(H,3,4)(H,5,6). The topological polar surface area (TPSA) is 84.3 Å². The summed E-state index contributed by atoms with van der Waals surface area (Å²) in [6, 6.07) is 8.65. The molecule has 0 radical (unpaired) electrons. The lowest BCUT2D eigenvalue weighted by Crippen LogP contribution is -2.54. The molecule has 0 unspecified atom stereocenters. The van der Waals surface area contributed by atoms with E-state index in [1.165, 1.54) is 38.8 Å². The van der Waals surface area contributed by atoms with Crippen molar-refractivity contribution in [2.45, 2.75) is 51.6 Å². The summed E-state index contributed by atoms with van der Waals surface area (Å²) >= 11 is 0. The van der Waals surface area contributed by atoms with E-state index in [9.17, 15) is 4.39 Å². The number of piperidine rings is 1. The van der Waals surface area contributed by atoms with Crippen LogP contribution in [0.4, 0.5) is 10.1 Å². The van der Waals surface area contributed by atoms with Crippen LogP contribution in [-0.4, -0.2) is 83.3 Å². The van der Waals surface area contributed by atoms with Crippen LogP contribution in [0.5, 0.6) is 0 Å². The number of carboxylic acid groups (broad SMARTS) is 2. The molecule has 0 aromatic heterocycles. The van der Waals surface area contributed by atoms with Crippen LogP contribution < -0.4 is 4.90 Å². The molecular weight excluding hydrogens is 389 g/mol. The Hall–Kier alpha value is -2.19. The number of anilines is 1. The lowest BCUT2D eigenvalue weighted by Gasteiger charge is -2.44. The first-order valence-corrected chi connectivity index (χ1v) is 10.8. The van der Waals surface area contributed by atoms with Crippen molar-refractivity contribution in [2.24, 2.45) is 0 Å². The number of benzene rings is 1. The van der Waals surface area contributed by atoms with E-state index in [0.717, 1.165) is 44.0 Å². The van der Waals surface area contributed by atoms with Crippen molar-refractivity contribution >= 4 is 17.6 Å². The van der Waals surface area contributed by atoms with Gasteiger partial charge in [-0.15, -0.1) is 0 Å². The van der Waals surface area contributed by atoms with Gasteiger partial charge in [-0.05, 0) is 50.9 Å². The Morgan fingerprint density at radius 3 is 1.97 bits per heavy atom. The molecule has 2 saturated heterocycles. The normalized spacial score (nSPS) is 18.7. The van der Waals surface area contributed by atoms with Gasteiger partial charge in [0.1, 0.15) is 5.82 Å². The number of hydrogen-bond donors (Lipinski definition) is 2. The molecule has 2 aliphatic heterocycles. The van der Waals surface area contributed by atoms with E-state index in [1.54, 1.807) is 12.1 Å². The summed E-state index contributed by atoms with van der Waals surface area (Å²) in [7, 11) is 0. The number of hydrogen-bond acceptors (Lipinski definition) is 5. The SMILES string of the molecule is CCC(CC)N1CCC(N2CCN(c3ccccc3F)CC2)CC1.O=C(O)C(=O)O. The van der Waals surface area contributed by atoms with E-state index in [-0.39, 0.29) is 5.82 Å². The number of halogens is 1. The maximum absolute atomic E-state index is 14.0. The van der Waals surface area contributed by atoms with Gasteiger partial charge in [0.15, 0.2) is 0 Å². The Kier molecular flexibility index (Phi) is 9.52. The van der Waals surface area contributed by atoms with Crippen LogP contribution in [0.25, 0.3) is 0 Å². The van der Waals surface area contributed by atoms with E-state index in [0.29, 0.717) is 0 Å². The van der Waals surface area contributed by atoms with Crippen LogP contribution in [0.2, 0.25) is 0 Å². The molecule has 0 bridgehead atoms. The minimum absolute atomic E-state index is 0.0931. The maximum Gasteiger partial charge on any atom is 0.414 e. The number of carboxylic acids is 2. The zero-order valence-corrected chi connectivity index (χ0v) is 18.0. The summed E-state index contributed by atoms with van der Waals surface area (Å²) in [4.78, 5) is 25.7. The monoisotopic (exact) mass is 423 g/mol. The Morgan fingerprint density at radius 2 is 1.50 bits per heavy atom. The number of likely N-dealkylation sites (tertiary alicyclic amines) is 1. The molecule has 8 heteroatoms. The fourth-order valence-corrected chi connectivity index (χ4v) is 4.46. The van der Waals surface area contributed by atoms with Gasteiger partial charge in [0.25, 0.3) is 0 Å². The van der Waals surface area contributed by atoms with Crippen LogP contribution in [0.15, 0.2) is 24.3 Å². The lowest BCUT2D eigenvalue weighted by atomic mass is 9.99. The molecule has 0 amide bonds. The third kappa shape index (κ3) is 6.67. The van der Waals surface area contributed by atoms with Gasteiger partial charge in [0.05, 0.1) is 5.69 Å². The molecule has 2 N–H and O–H groups in total. The van der Waals surface area contributed by atoms with Crippen LogP contribution >= 0.6 is 0 Å². The zero-order valence-electron chi connectivity index (χ0n) is 18.0. The first-order valence-electron chi connectivity index (χ1n) is 10.8. The summed E-state index contributed by atoms with van der Waals surface area (Å²) in [5.41, 5.74) is 0.765. The molecule has 2 fully saturated rings. The molecular formula is C22H34FN3O4. The van der Waals surface area contributed by atoms with Crippen LogP contribution in [0.3, 0.4) is 0 Å². The van der Waals surface area contributed by atoms with E-state index < -0.39 is 11.9 Å². The molecule has 168 valence electrons. The van der Waals surface area contributed by atoms with Gasteiger partial charge < -0.3 is 20.0 Å². The molecule has 0 aliphatic carbocycles. The minimum Gasteiger partial charge on any atom is -0.473 e. The lowest BCUT2D eigenvalue weighted by molar-refractivity contribution is -0.159. The van der Waals surface area contributed by atoms with Crippen molar-refractivity contribution in [2.75, 3.05) is 44.2 Å². The third-order valence-corrected chi connectivity index (χ3v) is 6.16. The summed E-state index contributed by atoms with van der Waals surface area (Å²) in [6.45, 7) is 11.1. The highest BCUT2D eigenvalue weighted by Gasteiger charge is 2.29. The quantitative estimate of drug-likeness (QED) is 0.705. The third-order valence-electron chi connectivity index (χ3n) is 6.16. The Bertz CT molecular complexity index is 671.